The van der Waals surface area contributed by atoms with Gasteiger partial charge in [0.15, 0.2) is 0 Å². The SMILES string of the molecule is O=C1c2ccccc2N2C(=C([O-])N(c3ccc(C(F)(F)F)cc3)N2O)N1CC(F)(F)F. The summed E-state index contributed by atoms with van der Waals surface area (Å²) in [5.74, 6) is -3.17. The first-order valence-electron chi connectivity index (χ1n) is 8.55. The Hall–Kier alpha value is -3.45. The molecule has 2 aromatic carbocycles. The summed E-state index contributed by atoms with van der Waals surface area (Å²) in [6.45, 7) is -1.81. The van der Waals surface area contributed by atoms with Crippen molar-refractivity contribution in [2.75, 3.05) is 16.6 Å². The average molecular weight is 445 g/mol. The van der Waals surface area contributed by atoms with E-state index in [2.05, 4.69) is 0 Å². The number of hydrazine groups is 2. The van der Waals surface area contributed by atoms with E-state index < -0.39 is 42.1 Å². The van der Waals surface area contributed by atoms with Crippen LogP contribution in [0.15, 0.2) is 60.2 Å². The van der Waals surface area contributed by atoms with E-state index in [1.807, 2.05) is 0 Å². The van der Waals surface area contributed by atoms with Crippen LogP contribution in [0.1, 0.15) is 15.9 Å². The lowest BCUT2D eigenvalue weighted by atomic mass is 10.1. The zero-order valence-electron chi connectivity index (χ0n) is 15.1. The maximum absolute atomic E-state index is 13.1. The molecule has 0 unspecified atom stereocenters. The molecule has 2 aliphatic heterocycles. The number of carbonyl (C=O) groups excluding carboxylic acids is 1. The monoisotopic (exact) mass is 445 g/mol. The van der Waals surface area contributed by atoms with E-state index in [4.69, 9.17) is 0 Å². The Balaban J connectivity index is 1.84. The Kier molecular flexibility index (Phi) is 4.55. The van der Waals surface area contributed by atoms with Crippen molar-refractivity contribution >= 4 is 17.3 Å². The smallest absolute Gasteiger partial charge is 0.416 e. The zero-order valence-corrected chi connectivity index (χ0v) is 15.1. The molecule has 0 fully saturated rings. The predicted octanol–water partition coefficient (Wildman–Crippen LogP) is 3.06. The van der Waals surface area contributed by atoms with Gasteiger partial charge in [0, 0.05) is 11.2 Å². The first-order chi connectivity index (χ1) is 14.4. The van der Waals surface area contributed by atoms with Gasteiger partial charge in [-0.25, -0.2) is 10.0 Å². The Morgan fingerprint density at radius 2 is 1.52 bits per heavy atom. The summed E-state index contributed by atoms with van der Waals surface area (Å²) in [5, 5.41) is 24.8. The molecule has 31 heavy (non-hydrogen) atoms. The third-order valence-corrected chi connectivity index (χ3v) is 4.58. The van der Waals surface area contributed by atoms with Gasteiger partial charge in [0.1, 0.15) is 12.4 Å². The van der Waals surface area contributed by atoms with Crippen molar-refractivity contribution in [1.29, 1.82) is 0 Å². The van der Waals surface area contributed by atoms with Crippen LogP contribution in [-0.4, -0.2) is 34.0 Å². The highest BCUT2D eigenvalue weighted by molar-refractivity contribution is 6.04. The van der Waals surface area contributed by atoms with E-state index in [1.54, 1.807) is 0 Å². The molecular weight excluding hydrogens is 434 g/mol. The molecule has 13 heteroatoms. The number of para-hydroxylation sites is 1. The van der Waals surface area contributed by atoms with Crippen LogP contribution in [0.3, 0.4) is 0 Å². The Labute approximate surface area is 170 Å². The van der Waals surface area contributed by atoms with Gasteiger partial charge >= 0.3 is 12.4 Å². The first kappa shape index (κ1) is 20.8. The molecule has 0 aromatic heterocycles. The second-order valence-electron chi connectivity index (χ2n) is 6.59. The van der Waals surface area contributed by atoms with Crippen LogP contribution in [0.2, 0.25) is 0 Å². The molecule has 7 nitrogen and oxygen atoms in total. The van der Waals surface area contributed by atoms with Crippen molar-refractivity contribution in [3.05, 3.63) is 71.4 Å². The topological polar surface area (TPSA) is 73.3 Å². The minimum atomic E-state index is -4.87. The largest absolute Gasteiger partial charge is 0.856 e. The lowest BCUT2D eigenvalue weighted by Crippen LogP contribution is -2.52. The van der Waals surface area contributed by atoms with Gasteiger partial charge in [0.25, 0.3) is 5.91 Å². The number of nitrogens with zero attached hydrogens (tertiary/aromatic N) is 4. The van der Waals surface area contributed by atoms with Crippen molar-refractivity contribution in [2.24, 2.45) is 0 Å². The molecule has 0 aliphatic carbocycles. The van der Waals surface area contributed by atoms with Crippen LogP contribution in [0, 0.1) is 0 Å². The molecule has 0 saturated heterocycles. The molecule has 0 bridgehead atoms. The minimum Gasteiger partial charge on any atom is -0.856 e. The predicted molar refractivity (Wildman–Crippen MR) is 90.6 cm³/mol. The highest BCUT2D eigenvalue weighted by Crippen LogP contribution is 2.42. The van der Waals surface area contributed by atoms with Crippen LogP contribution < -0.4 is 15.1 Å². The molecule has 0 radical (unpaired) electrons. The zero-order chi connectivity index (χ0) is 22.7. The van der Waals surface area contributed by atoms with Crippen molar-refractivity contribution in [2.45, 2.75) is 12.4 Å². The van der Waals surface area contributed by atoms with Crippen LogP contribution in [0.25, 0.3) is 0 Å². The molecule has 0 atom stereocenters. The van der Waals surface area contributed by atoms with Crippen molar-refractivity contribution < 1.29 is 41.5 Å². The molecule has 2 aliphatic rings. The Morgan fingerprint density at radius 3 is 2.10 bits per heavy atom. The third-order valence-electron chi connectivity index (χ3n) is 4.58. The lowest BCUT2D eigenvalue weighted by Gasteiger charge is -2.39. The number of alkyl halides is 6. The third kappa shape index (κ3) is 3.41. The number of hydrogen-bond donors (Lipinski definition) is 1. The average Bonchev–Trinajstić information content (AvgIpc) is 2.94. The molecule has 4 rings (SSSR count). The number of hydrogen-bond acceptors (Lipinski definition) is 6. The van der Waals surface area contributed by atoms with E-state index >= 15 is 0 Å². The quantitative estimate of drug-likeness (QED) is 0.717. The lowest BCUT2D eigenvalue weighted by molar-refractivity contribution is -0.314. The van der Waals surface area contributed by atoms with Gasteiger partial charge < -0.3 is 5.11 Å². The molecule has 0 saturated carbocycles. The summed E-state index contributed by atoms with van der Waals surface area (Å²) in [4.78, 5) is 12.8. The number of fused-ring (bicyclic) bond motifs is 3. The molecule has 164 valence electrons. The second kappa shape index (κ2) is 6.78. The molecule has 0 spiro atoms. The maximum Gasteiger partial charge on any atom is 0.416 e. The van der Waals surface area contributed by atoms with Crippen molar-refractivity contribution in [3.8, 4) is 0 Å². The first-order valence-corrected chi connectivity index (χ1v) is 8.55. The fourth-order valence-electron chi connectivity index (χ4n) is 3.30. The van der Waals surface area contributed by atoms with Gasteiger partial charge in [-0.05, 0) is 36.4 Å². The fraction of sp³-hybridized carbons (Fsp3) is 0.167. The molecular formula is C18H11F6N4O3-. The summed E-state index contributed by atoms with van der Waals surface area (Å²) in [6.07, 6.45) is -9.53. The van der Waals surface area contributed by atoms with Gasteiger partial charge in [-0.2, -0.15) is 26.3 Å². The number of carbonyl (C=O) groups is 1. The molecule has 2 heterocycles. The van der Waals surface area contributed by atoms with Gasteiger partial charge in [-0.15, -0.1) is 0 Å². The van der Waals surface area contributed by atoms with Gasteiger partial charge in [0.05, 0.1) is 22.5 Å². The highest BCUT2D eigenvalue weighted by Gasteiger charge is 2.47. The molecule has 1 N–H and O–H groups in total. The van der Waals surface area contributed by atoms with E-state index in [0.717, 1.165) is 12.1 Å². The minimum absolute atomic E-state index is 0.0776. The van der Waals surface area contributed by atoms with Crippen molar-refractivity contribution in [1.82, 2.24) is 10.2 Å². The van der Waals surface area contributed by atoms with E-state index in [-0.39, 0.29) is 27.1 Å². The van der Waals surface area contributed by atoms with Gasteiger partial charge in [-0.3, -0.25) is 14.9 Å². The van der Waals surface area contributed by atoms with E-state index in [1.165, 1.54) is 24.3 Å². The Bertz CT molecular complexity index is 1070. The molecule has 1 amide bonds. The summed E-state index contributed by atoms with van der Waals surface area (Å²) in [7, 11) is 0. The number of benzene rings is 2. The molecule has 2 aromatic rings. The highest BCUT2D eigenvalue weighted by atomic mass is 19.4. The van der Waals surface area contributed by atoms with E-state index in [0.29, 0.717) is 22.2 Å². The fourth-order valence-corrected chi connectivity index (χ4v) is 3.30. The number of amides is 1. The van der Waals surface area contributed by atoms with Gasteiger partial charge in [0.2, 0.25) is 0 Å². The van der Waals surface area contributed by atoms with Crippen LogP contribution >= 0.6 is 0 Å². The van der Waals surface area contributed by atoms with E-state index in [9.17, 15) is 41.5 Å². The maximum atomic E-state index is 13.1. The van der Waals surface area contributed by atoms with Crippen molar-refractivity contribution in [3.63, 3.8) is 0 Å². The van der Waals surface area contributed by atoms with Crippen LogP contribution in [0.5, 0.6) is 0 Å². The number of rotatable bonds is 2. The Morgan fingerprint density at radius 1 is 0.903 bits per heavy atom. The summed E-state index contributed by atoms with van der Waals surface area (Å²) in [5.41, 5.74) is -1.58. The summed E-state index contributed by atoms with van der Waals surface area (Å²) >= 11 is 0. The standard InChI is InChI=1S/C18H12F6N4O3/c19-17(20,21)9-25-14-16(30)26(11-7-5-10(6-8-11)18(22,23)24)28(31)27(14)13-4-2-1-3-12(13)15(25)29/h1-8,30-31H,9H2/p-1. The number of anilines is 2. The number of halogens is 6. The van der Waals surface area contributed by atoms with Crippen LogP contribution in [-0.2, 0) is 6.18 Å². The summed E-state index contributed by atoms with van der Waals surface area (Å²) in [6, 6.07) is 8.36. The van der Waals surface area contributed by atoms with Crippen LogP contribution in [0.4, 0.5) is 37.7 Å². The summed E-state index contributed by atoms with van der Waals surface area (Å²) < 4.78 is 77.8. The second-order valence-corrected chi connectivity index (χ2v) is 6.59. The van der Waals surface area contributed by atoms with Gasteiger partial charge in [-0.1, -0.05) is 12.1 Å². The normalized spacial score (nSPS) is 17.4.